The van der Waals surface area contributed by atoms with Crippen molar-refractivity contribution in [2.45, 2.75) is 55.5 Å². The Labute approximate surface area is 279 Å². The molecular weight excluding hydrogens is 686 g/mol. The Kier molecular flexibility index (Phi) is 7.49. The van der Waals surface area contributed by atoms with Crippen molar-refractivity contribution in [3.63, 3.8) is 0 Å². The molecule has 5 aliphatic rings. The Morgan fingerprint density at radius 3 is 2.31 bits per heavy atom. The molecule has 10 nitrogen and oxygen atoms in total. The monoisotopic (exact) mass is 716 g/mol. The molecule has 0 atom stereocenters. The average Bonchev–Trinajstić information content (AvgIpc) is 3.46. The third-order valence-corrected chi connectivity index (χ3v) is 14.5. The molecule has 0 unspecified atom stereocenters. The fraction of sp³-hybridized carbons (Fsp3) is 0.406. The molecule has 16 heteroatoms. The van der Waals surface area contributed by atoms with Crippen LogP contribution in [0.25, 0.3) is 21.8 Å². The SMILES string of the molecule is O=S1(=O)CC2(CC(Nc3nccc(-c4sc(N5CC6CCC5CC6)nc4-c4cccc(NS(=O)(=O)c5c(F)cccc5F)c4F)n3)C2)C1. The minimum absolute atomic E-state index is 0.0101. The number of anilines is 3. The van der Waals surface area contributed by atoms with E-state index < -0.39 is 47.9 Å². The van der Waals surface area contributed by atoms with Crippen LogP contribution in [0.3, 0.4) is 0 Å². The van der Waals surface area contributed by atoms with E-state index in [9.17, 15) is 25.6 Å². The quantitative estimate of drug-likeness (QED) is 0.230. The number of rotatable bonds is 8. The minimum atomic E-state index is -4.83. The van der Waals surface area contributed by atoms with E-state index in [-0.39, 0.29) is 34.2 Å². The summed E-state index contributed by atoms with van der Waals surface area (Å²) in [5.41, 5.74) is 0.0642. The van der Waals surface area contributed by atoms with Crippen molar-refractivity contribution in [1.82, 2.24) is 15.0 Å². The number of piperidine rings is 2. The van der Waals surface area contributed by atoms with Gasteiger partial charge in [-0.1, -0.05) is 23.5 Å². The van der Waals surface area contributed by atoms with Gasteiger partial charge in [-0.3, -0.25) is 4.72 Å². The smallest absolute Gasteiger partial charge is 0.267 e. The van der Waals surface area contributed by atoms with E-state index in [1.165, 1.54) is 29.5 Å². The van der Waals surface area contributed by atoms with E-state index in [0.717, 1.165) is 50.4 Å². The Morgan fingerprint density at radius 2 is 1.65 bits per heavy atom. The molecule has 5 heterocycles. The lowest BCUT2D eigenvalue weighted by molar-refractivity contribution is 0.153. The van der Waals surface area contributed by atoms with E-state index in [1.54, 1.807) is 12.3 Å². The van der Waals surface area contributed by atoms with Gasteiger partial charge in [0.2, 0.25) is 5.95 Å². The van der Waals surface area contributed by atoms with Crippen LogP contribution in [0.5, 0.6) is 0 Å². The zero-order valence-electron chi connectivity index (χ0n) is 25.5. The molecule has 4 aromatic rings. The molecule has 3 aliphatic heterocycles. The topological polar surface area (TPSA) is 134 Å². The fourth-order valence-electron chi connectivity index (χ4n) is 7.77. The highest BCUT2D eigenvalue weighted by Gasteiger charge is 2.56. The number of aromatic nitrogens is 3. The van der Waals surface area contributed by atoms with Gasteiger partial charge in [-0.25, -0.2) is 45.0 Å². The Balaban J connectivity index is 1.14. The number of thiazole rings is 1. The molecule has 1 spiro atoms. The van der Waals surface area contributed by atoms with Crippen LogP contribution < -0.4 is 14.9 Å². The summed E-state index contributed by atoms with van der Waals surface area (Å²) in [7, 11) is -7.77. The molecule has 2 aliphatic carbocycles. The number of nitrogens with one attached hydrogen (secondary N) is 2. The van der Waals surface area contributed by atoms with Gasteiger partial charge in [0.25, 0.3) is 10.0 Å². The lowest BCUT2D eigenvalue weighted by Gasteiger charge is -2.53. The van der Waals surface area contributed by atoms with Crippen LogP contribution in [-0.4, -0.2) is 61.9 Å². The largest absolute Gasteiger partial charge is 0.351 e. The second-order valence-electron chi connectivity index (χ2n) is 13.4. The molecule has 3 saturated heterocycles. The van der Waals surface area contributed by atoms with E-state index in [1.807, 2.05) is 4.72 Å². The summed E-state index contributed by atoms with van der Waals surface area (Å²) in [4.78, 5) is 15.6. The minimum Gasteiger partial charge on any atom is -0.351 e. The zero-order valence-corrected chi connectivity index (χ0v) is 27.9. The predicted molar refractivity (Wildman–Crippen MR) is 177 cm³/mol. The highest BCUT2D eigenvalue weighted by molar-refractivity contribution is 7.93. The first-order valence-corrected chi connectivity index (χ1v) is 19.8. The van der Waals surface area contributed by atoms with Gasteiger partial charge in [0, 0.05) is 35.8 Å². The number of sulfone groups is 1. The number of sulfonamides is 1. The maximum absolute atomic E-state index is 16.3. The third-order valence-electron chi connectivity index (χ3n) is 9.89. The van der Waals surface area contributed by atoms with Gasteiger partial charge in [0.15, 0.2) is 25.7 Å². The molecule has 2 bridgehead atoms. The molecule has 0 amide bonds. The van der Waals surface area contributed by atoms with Crippen molar-refractivity contribution in [2.24, 2.45) is 11.3 Å². The molecule has 2 aromatic heterocycles. The molecule has 5 fully saturated rings. The van der Waals surface area contributed by atoms with Crippen LogP contribution in [-0.2, 0) is 19.9 Å². The predicted octanol–water partition coefficient (Wildman–Crippen LogP) is 5.85. The summed E-state index contributed by atoms with van der Waals surface area (Å²) in [6.07, 6.45) is 7.39. The Morgan fingerprint density at radius 1 is 0.938 bits per heavy atom. The standard InChI is InChI=1S/C32H31F3N6O4S3/c33-22-4-2-5-23(34)29(22)48(44,45)40-24-6-1-3-21(26(24)35)27-28(46-31(39-27)41-15-18-7-9-20(41)10-8-18)25-11-12-36-30(38-25)37-19-13-32(14-19)16-47(42,43)17-32/h1-6,11-12,18-20,40H,7-10,13-17H2,(H,36,37,38). The number of hydrogen-bond acceptors (Lipinski definition) is 10. The number of nitrogens with zero attached hydrogens (tertiary/aromatic N) is 4. The van der Waals surface area contributed by atoms with Crippen LogP contribution in [0.15, 0.2) is 53.6 Å². The average molecular weight is 717 g/mol. The van der Waals surface area contributed by atoms with Crippen LogP contribution in [0.2, 0.25) is 0 Å². The Bertz CT molecular complexity index is 2120. The van der Waals surface area contributed by atoms with Crippen LogP contribution in [0.1, 0.15) is 38.5 Å². The van der Waals surface area contributed by atoms with Crippen molar-refractivity contribution in [1.29, 1.82) is 0 Å². The van der Waals surface area contributed by atoms with Crippen molar-refractivity contribution in [3.05, 3.63) is 66.1 Å². The summed E-state index contributed by atoms with van der Waals surface area (Å²) in [5.74, 6) is -2.25. The molecule has 2 saturated carbocycles. The van der Waals surface area contributed by atoms with Crippen molar-refractivity contribution >= 4 is 48.0 Å². The molecule has 9 rings (SSSR count). The number of hydrogen-bond donors (Lipinski definition) is 2. The fourth-order valence-corrected chi connectivity index (χ4v) is 12.4. The normalized spacial score (nSPS) is 22.7. The highest BCUT2D eigenvalue weighted by Crippen LogP contribution is 2.51. The summed E-state index contributed by atoms with van der Waals surface area (Å²) in [6.45, 7) is 0.837. The van der Waals surface area contributed by atoms with E-state index in [4.69, 9.17) is 9.97 Å². The van der Waals surface area contributed by atoms with Gasteiger partial charge in [-0.15, -0.1) is 0 Å². The van der Waals surface area contributed by atoms with Crippen LogP contribution in [0, 0.1) is 28.8 Å². The molecular formula is C32H31F3N6O4S3. The van der Waals surface area contributed by atoms with Crippen molar-refractivity contribution < 1.29 is 30.0 Å². The van der Waals surface area contributed by atoms with E-state index in [0.29, 0.717) is 46.5 Å². The lowest BCUT2D eigenvalue weighted by Crippen LogP contribution is -2.60. The Hall–Kier alpha value is -3.76. The van der Waals surface area contributed by atoms with Crippen LogP contribution >= 0.6 is 11.3 Å². The first-order valence-electron chi connectivity index (χ1n) is 15.7. The number of halogens is 3. The van der Waals surface area contributed by atoms with Crippen molar-refractivity contribution in [2.75, 3.05) is 33.0 Å². The lowest BCUT2D eigenvalue weighted by atomic mass is 9.67. The molecule has 2 aromatic carbocycles. The third kappa shape index (κ3) is 5.60. The van der Waals surface area contributed by atoms with Gasteiger partial charge in [-0.2, -0.15) is 0 Å². The molecule has 252 valence electrons. The van der Waals surface area contributed by atoms with E-state index in [2.05, 4.69) is 15.2 Å². The van der Waals surface area contributed by atoms with Gasteiger partial charge >= 0.3 is 0 Å². The van der Waals surface area contributed by atoms with Gasteiger partial charge in [-0.05, 0) is 74.8 Å². The van der Waals surface area contributed by atoms with Gasteiger partial charge < -0.3 is 10.2 Å². The van der Waals surface area contributed by atoms with Gasteiger partial charge in [0.05, 0.1) is 33.5 Å². The van der Waals surface area contributed by atoms with Crippen molar-refractivity contribution in [3.8, 4) is 21.8 Å². The molecule has 2 N–H and O–H groups in total. The summed E-state index contributed by atoms with van der Waals surface area (Å²) >= 11 is 1.37. The number of fused-ring (bicyclic) bond motifs is 3. The maximum atomic E-state index is 16.3. The summed E-state index contributed by atoms with van der Waals surface area (Å²) < 4.78 is 96.7. The van der Waals surface area contributed by atoms with Gasteiger partial charge in [0.1, 0.15) is 11.6 Å². The molecule has 0 radical (unpaired) electrons. The second-order valence-corrected chi connectivity index (χ2v) is 18.0. The first kappa shape index (κ1) is 31.5. The van der Waals surface area contributed by atoms with Crippen LogP contribution in [0.4, 0.5) is 29.9 Å². The zero-order chi connectivity index (χ0) is 33.4. The first-order chi connectivity index (χ1) is 22.9. The van der Waals surface area contributed by atoms with E-state index >= 15 is 4.39 Å². The second kappa shape index (κ2) is 11.4. The maximum Gasteiger partial charge on any atom is 0.267 e. The summed E-state index contributed by atoms with van der Waals surface area (Å²) in [5, 5.41) is 4.01. The highest BCUT2D eigenvalue weighted by atomic mass is 32.2. The summed E-state index contributed by atoms with van der Waals surface area (Å²) in [6, 6.07) is 8.79. The number of benzene rings is 2. The molecule has 48 heavy (non-hydrogen) atoms.